The maximum Gasteiger partial charge on any atom is 0.227 e. The van der Waals surface area contributed by atoms with E-state index in [1.165, 1.54) is 0 Å². The zero-order valence-electron chi connectivity index (χ0n) is 14.2. The molecule has 1 unspecified atom stereocenters. The van der Waals surface area contributed by atoms with Crippen LogP contribution in [0.2, 0.25) is 0 Å². The molecular weight excluding hydrogens is 322 g/mol. The maximum atomic E-state index is 12.8. The Bertz CT molecular complexity index is 773. The van der Waals surface area contributed by atoms with Crippen molar-refractivity contribution in [1.82, 2.24) is 15.0 Å². The van der Waals surface area contributed by atoms with Gasteiger partial charge in [-0.25, -0.2) is 0 Å². The van der Waals surface area contributed by atoms with E-state index in [0.29, 0.717) is 43.5 Å². The molecule has 0 spiro atoms. The first-order chi connectivity index (χ1) is 12.2. The summed E-state index contributed by atoms with van der Waals surface area (Å²) in [7, 11) is 0. The lowest BCUT2D eigenvalue weighted by Crippen LogP contribution is -2.32. The molecule has 1 aromatic carbocycles. The zero-order chi connectivity index (χ0) is 17.2. The third-order valence-corrected chi connectivity index (χ3v) is 4.62. The Morgan fingerprint density at radius 3 is 2.92 bits per heavy atom. The Hall–Kier alpha value is -2.57. The molecule has 2 aliphatic rings. The maximum absolute atomic E-state index is 12.8. The normalized spacial score (nSPS) is 19.2. The number of amides is 1. The van der Waals surface area contributed by atoms with Crippen molar-refractivity contribution in [2.45, 2.75) is 38.6 Å². The van der Waals surface area contributed by atoms with Gasteiger partial charge < -0.3 is 18.9 Å². The van der Waals surface area contributed by atoms with Crippen molar-refractivity contribution in [3.05, 3.63) is 35.5 Å². The quantitative estimate of drug-likeness (QED) is 0.848. The monoisotopic (exact) mass is 343 g/mol. The fraction of sp³-hybridized carbons (Fsp3) is 0.500. The topological polar surface area (TPSA) is 77.7 Å². The van der Waals surface area contributed by atoms with Gasteiger partial charge in [0.1, 0.15) is 13.2 Å². The number of carbonyl (C=O) groups excluding carboxylic acids is 1. The number of benzene rings is 1. The van der Waals surface area contributed by atoms with Crippen molar-refractivity contribution in [2.24, 2.45) is 0 Å². The van der Waals surface area contributed by atoms with Crippen LogP contribution in [-0.2, 0) is 17.6 Å². The van der Waals surface area contributed by atoms with E-state index in [0.717, 1.165) is 30.7 Å². The Morgan fingerprint density at radius 1 is 1.28 bits per heavy atom. The summed E-state index contributed by atoms with van der Waals surface area (Å²) in [5.41, 5.74) is 0.919. The van der Waals surface area contributed by atoms with Crippen LogP contribution in [0.3, 0.4) is 0 Å². The van der Waals surface area contributed by atoms with Crippen molar-refractivity contribution < 1.29 is 18.8 Å². The number of nitrogens with zero attached hydrogens (tertiary/aromatic N) is 3. The highest BCUT2D eigenvalue weighted by molar-refractivity contribution is 5.79. The van der Waals surface area contributed by atoms with Gasteiger partial charge >= 0.3 is 0 Å². The van der Waals surface area contributed by atoms with E-state index in [1.807, 2.05) is 30.0 Å². The average Bonchev–Trinajstić information content (AvgIpc) is 3.30. The minimum absolute atomic E-state index is 0.0713. The summed E-state index contributed by atoms with van der Waals surface area (Å²) >= 11 is 0. The van der Waals surface area contributed by atoms with E-state index in [1.54, 1.807) is 0 Å². The number of likely N-dealkylation sites (tertiary alicyclic amines) is 1. The third kappa shape index (κ3) is 3.18. The Balaban J connectivity index is 1.48. The molecule has 1 aromatic heterocycles. The lowest BCUT2D eigenvalue weighted by Gasteiger charge is -2.23. The molecule has 0 aliphatic carbocycles. The molecule has 7 nitrogen and oxygen atoms in total. The van der Waals surface area contributed by atoms with Crippen LogP contribution in [0.15, 0.2) is 22.7 Å². The molecule has 2 aliphatic heterocycles. The fourth-order valence-electron chi connectivity index (χ4n) is 3.35. The van der Waals surface area contributed by atoms with Crippen LogP contribution in [0.25, 0.3) is 0 Å². The summed E-state index contributed by atoms with van der Waals surface area (Å²) < 4.78 is 16.3. The number of rotatable bonds is 4. The van der Waals surface area contributed by atoms with E-state index < -0.39 is 0 Å². The Morgan fingerprint density at radius 2 is 2.12 bits per heavy atom. The lowest BCUT2D eigenvalue weighted by molar-refractivity contribution is -0.131. The second-order valence-corrected chi connectivity index (χ2v) is 6.30. The van der Waals surface area contributed by atoms with Crippen LogP contribution in [0.5, 0.6) is 11.5 Å². The largest absolute Gasteiger partial charge is 0.486 e. The van der Waals surface area contributed by atoms with Crippen molar-refractivity contribution in [3.8, 4) is 11.5 Å². The molecule has 1 amide bonds. The molecule has 0 radical (unpaired) electrons. The van der Waals surface area contributed by atoms with Gasteiger partial charge in [-0.05, 0) is 30.5 Å². The van der Waals surface area contributed by atoms with Gasteiger partial charge in [0.2, 0.25) is 11.8 Å². The van der Waals surface area contributed by atoms with Gasteiger partial charge in [0.25, 0.3) is 0 Å². The Labute approximate surface area is 145 Å². The van der Waals surface area contributed by atoms with E-state index >= 15 is 0 Å². The smallest absolute Gasteiger partial charge is 0.227 e. The second-order valence-electron chi connectivity index (χ2n) is 6.30. The standard InChI is InChI=1S/C18H21N3O4/c1-2-16-19-18(20-25-16)13-4-3-7-21(13)17(22)11-12-5-6-14-15(10-12)24-9-8-23-14/h5-6,10,13H,2-4,7-9,11H2,1H3. The average molecular weight is 343 g/mol. The van der Waals surface area contributed by atoms with Gasteiger partial charge in [0.05, 0.1) is 12.5 Å². The number of hydrogen-bond donors (Lipinski definition) is 0. The number of ether oxygens (including phenoxy) is 2. The first kappa shape index (κ1) is 15.9. The summed E-state index contributed by atoms with van der Waals surface area (Å²) in [5, 5.41) is 4.05. The first-order valence-electron chi connectivity index (χ1n) is 8.75. The molecule has 132 valence electrons. The van der Waals surface area contributed by atoms with Crippen molar-refractivity contribution >= 4 is 5.91 Å². The summed E-state index contributed by atoms with van der Waals surface area (Å²) in [6.45, 7) is 3.79. The SMILES string of the molecule is CCc1nc(C2CCCN2C(=O)Cc2ccc3c(c2)OCCO3)no1. The molecule has 3 heterocycles. The van der Waals surface area contributed by atoms with Crippen LogP contribution in [0.4, 0.5) is 0 Å². The van der Waals surface area contributed by atoms with E-state index in [4.69, 9.17) is 14.0 Å². The molecule has 0 bridgehead atoms. The molecule has 7 heteroatoms. The van der Waals surface area contributed by atoms with Crippen LogP contribution in [-0.4, -0.2) is 40.7 Å². The van der Waals surface area contributed by atoms with Crippen LogP contribution >= 0.6 is 0 Å². The molecule has 1 fully saturated rings. The number of aryl methyl sites for hydroxylation is 1. The van der Waals surface area contributed by atoms with Crippen LogP contribution in [0, 0.1) is 0 Å². The van der Waals surface area contributed by atoms with Crippen LogP contribution in [0.1, 0.15) is 43.1 Å². The number of aromatic nitrogens is 2. The summed E-state index contributed by atoms with van der Waals surface area (Å²) in [4.78, 5) is 19.1. The first-order valence-corrected chi connectivity index (χ1v) is 8.75. The van der Waals surface area contributed by atoms with E-state index in [2.05, 4.69) is 10.1 Å². The molecular formula is C18H21N3O4. The van der Waals surface area contributed by atoms with Crippen molar-refractivity contribution in [3.63, 3.8) is 0 Å². The number of fused-ring (bicyclic) bond motifs is 1. The summed E-state index contributed by atoms with van der Waals surface area (Å²) in [5.74, 6) is 2.74. The summed E-state index contributed by atoms with van der Waals surface area (Å²) in [6, 6.07) is 5.58. The van der Waals surface area contributed by atoms with Gasteiger partial charge in [-0.2, -0.15) is 4.98 Å². The van der Waals surface area contributed by atoms with E-state index in [-0.39, 0.29) is 11.9 Å². The highest BCUT2D eigenvalue weighted by Crippen LogP contribution is 2.33. The second kappa shape index (κ2) is 6.74. The van der Waals surface area contributed by atoms with Crippen LogP contribution < -0.4 is 9.47 Å². The molecule has 25 heavy (non-hydrogen) atoms. The highest BCUT2D eigenvalue weighted by Gasteiger charge is 2.33. The molecule has 1 atom stereocenters. The van der Waals surface area contributed by atoms with Gasteiger partial charge in [-0.3, -0.25) is 4.79 Å². The molecule has 1 saturated heterocycles. The number of hydrogen-bond acceptors (Lipinski definition) is 6. The number of carbonyl (C=O) groups is 1. The van der Waals surface area contributed by atoms with Gasteiger partial charge in [0, 0.05) is 13.0 Å². The molecule has 2 aromatic rings. The fourth-order valence-corrected chi connectivity index (χ4v) is 3.35. The predicted octanol–water partition coefficient (Wildman–Crippen LogP) is 2.31. The zero-order valence-corrected chi connectivity index (χ0v) is 14.2. The molecule has 0 saturated carbocycles. The van der Waals surface area contributed by atoms with E-state index in [9.17, 15) is 4.79 Å². The minimum Gasteiger partial charge on any atom is -0.486 e. The van der Waals surface area contributed by atoms with Gasteiger partial charge in [-0.15, -0.1) is 0 Å². The van der Waals surface area contributed by atoms with Gasteiger partial charge in [-0.1, -0.05) is 18.1 Å². The molecule has 0 N–H and O–H groups in total. The lowest BCUT2D eigenvalue weighted by atomic mass is 10.1. The predicted molar refractivity (Wildman–Crippen MR) is 88.5 cm³/mol. The van der Waals surface area contributed by atoms with Gasteiger partial charge in [0.15, 0.2) is 17.3 Å². The highest BCUT2D eigenvalue weighted by atomic mass is 16.6. The van der Waals surface area contributed by atoms with Crippen molar-refractivity contribution in [2.75, 3.05) is 19.8 Å². The molecule has 4 rings (SSSR count). The Kier molecular flexibility index (Phi) is 4.29. The van der Waals surface area contributed by atoms with Crippen molar-refractivity contribution in [1.29, 1.82) is 0 Å². The minimum atomic E-state index is -0.0891. The summed E-state index contributed by atoms with van der Waals surface area (Å²) in [6.07, 6.45) is 2.85. The third-order valence-electron chi connectivity index (χ3n) is 4.62.